The molecular weight excluding hydrogens is 1250 g/mol. The van der Waals surface area contributed by atoms with Crippen LogP contribution in [0, 0.1) is 20.8 Å². The first-order valence-electron chi connectivity index (χ1n) is 36.5. The van der Waals surface area contributed by atoms with E-state index in [1.807, 2.05) is 0 Å². The molecule has 490 valence electrons. The summed E-state index contributed by atoms with van der Waals surface area (Å²) < 4.78 is 0. The van der Waals surface area contributed by atoms with Crippen molar-refractivity contribution in [3.05, 3.63) is 466 Å². The van der Waals surface area contributed by atoms with Crippen LogP contribution in [0.2, 0.25) is 0 Å². The molecule has 0 aromatic heterocycles. The lowest BCUT2D eigenvalue weighted by Crippen LogP contribution is -2.29. The first-order valence-corrected chi connectivity index (χ1v) is 36.5. The van der Waals surface area contributed by atoms with Crippen LogP contribution in [0.5, 0.6) is 0 Å². The average Bonchev–Trinajstić information content (AvgIpc) is 1.52. The maximum atomic E-state index is 2.54. The van der Waals surface area contributed by atoms with Crippen LogP contribution in [0.3, 0.4) is 0 Å². The van der Waals surface area contributed by atoms with E-state index in [2.05, 4.69) is 413 Å². The molecule has 16 aromatic rings. The highest BCUT2D eigenvalue weighted by Crippen LogP contribution is 2.65. The summed E-state index contributed by atoms with van der Waals surface area (Å²) in [5, 5.41) is 0. The Labute approximate surface area is 609 Å². The molecular formula is C102H72N2. The minimum absolute atomic E-state index is 0.441. The van der Waals surface area contributed by atoms with Crippen LogP contribution in [0.25, 0.3) is 66.8 Å². The first-order chi connectivity index (χ1) is 51.3. The van der Waals surface area contributed by atoms with Crippen LogP contribution in [-0.2, 0) is 16.2 Å². The quantitative estimate of drug-likeness (QED) is 0.120. The Bertz CT molecular complexity index is 5760. The van der Waals surface area contributed by atoms with Gasteiger partial charge in [-0.05, 0) is 221 Å². The van der Waals surface area contributed by atoms with Crippen molar-refractivity contribution in [3.63, 3.8) is 0 Å². The van der Waals surface area contributed by atoms with Gasteiger partial charge in [0.15, 0.2) is 0 Å². The Kier molecular flexibility index (Phi) is 14.0. The molecule has 0 fully saturated rings. The van der Waals surface area contributed by atoms with Crippen molar-refractivity contribution in [1.29, 1.82) is 0 Å². The van der Waals surface area contributed by atoms with Gasteiger partial charge in [-0.25, -0.2) is 0 Å². The van der Waals surface area contributed by atoms with Gasteiger partial charge >= 0.3 is 0 Å². The summed E-state index contributed by atoms with van der Waals surface area (Å²) in [7, 11) is 0. The van der Waals surface area contributed by atoms with E-state index < -0.39 is 16.2 Å². The molecule has 0 saturated carbocycles. The molecule has 0 heterocycles. The molecule has 0 radical (unpaired) electrons. The van der Waals surface area contributed by atoms with Gasteiger partial charge in [0.25, 0.3) is 0 Å². The number of hydrogen-bond acceptors (Lipinski definition) is 2. The maximum Gasteiger partial charge on any atom is 0.0725 e. The third-order valence-electron chi connectivity index (χ3n) is 23.3. The van der Waals surface area contributed by atoms with Crippen LogP contribution in [0.4, 0.5) is 34.1 Å². The van der Waals surface area contributed by atoms with Crippen molar-refractivity contribution >= 4 is 34.1 Å². The molecule has 4 aliphatic rings. The molecule has 0 saturated heterocycles. The van der Waals surface area contributed by atoms with Gasteiger partial charge in [0.1, 0.15) is 0 Å². The number of para-hydroxylation sites is 1. The van der Waals surface area contributed by atoms with E-state index in [1.54, 1.807) is 0 Å². The molecule has 2 heteroatoms. The van der Waals surface area contributed by atoms with E-state index in [0.717, 1.165) is 50.8 Å². The third-order valence-corrected chi connectivity index (χ3v) is 23.3. The standard InChI is InChI=1S/C102H72N2/c1-67-45-55-86-88-58-52-79(65-97(88)100(95(86)61-67,72-29-11-5-12-30-72)73-31-13-6-14-32-73)103(80-53-59-89-87-56-46-68(2)62-96(87)101(98(89)66-80,74-33-15-7-16-34-74)75-35-17-8-18-36-75)77-51-57-81(69(3)63-77)71-47-49-76(50-48-71)104(99-44-26-22-37-82(99)70-27-9-4-10-28-70)78-54-60-94-90(64-78)85-40-21-25-43-93(85)102(94)91-41-23-19-38-83(91)84-39-20-24-42-92(84)102/h4-66H,1-3H3. The zero-order valence-corrected chi connectivity index (χ0v) is 58.3. The number of fused-ring (bicyclic) bond motifs is 16. The first kappa shape index (κ1) is 61.0. The highest BCUT2D eigenvalue weighted by Gasteiger charge is 2.53. The fraction of sp³-hybridized carbons (Fsp3) is 0.0588. The van der Waals surface area contributed by atoms with Gasteiger partial charge in [-0.2, -0.15) is 0 Å². The van der Waals surface area contributed by atoms with Crippen molar-refractivity contribution in [1.82, 2.24) is 0 Å². The van der Waals surface area contributed by atoms with E-state index in [0.29, 0.717) is 0 Å². The summed E-state index contributed by atoms with van der Waals surface area (Å²) in [5.41, 5.74) is 38.7. The monoisotopic (exact) mass is 1320 g/mol. The van der Waals surface area contributed by atoms with E-state index in [1.165, 1.54) is 134 Å². The maximum absolute atomic E-state index is 2.54. The molecule has 0 bridgehead atoms. The normalized spacial score (nSPS) is 13.8. The third kappa shape index (κ3) is 8.88. The smallest absolute Gasteiger partial charge is 0.0725 e. The average molecular weight is 1330 g/mol. The van der Waals surface area contributed by atoms with Crippen molar-refractivity contribution in [2.45, 2.75) is 37.0 Å². The van der Waals surface area contributed by atoms with Crippen LogP contribution >= 0.6 is 0 Å². The molecule has 104 heavy (non-hydrogen) atoms. The lowest BCUT2D eigenvalue weighted by Gasteiger charge is -2.36. The predicted molar refractivity (Wildman–Crippen MR) is 432 cm³/mol. The van der Waals surface area contributed by atoms with E-state index >= 15 is 0 Å². The van der Waals surface area contributed by atoms with Crippen molar-refractivity contribution in [3.8, 4) is 66.8 Å². The highest BCUT2D eigenvalue weighted by molar-refractivity contribution is 5.99. The van der Waals surface area contributed by atoms with Gasteiger partial charge in [-0.15, -0.1) is 0 Å². The Morgan fingerprint density at radius 2 is 0.500 bits per heavy atom. The van der Waals surface area contributed by atoms with E-state index in [4.69, 9.17) is 0 Å². The minimum atomic E-state index is -0.608. The summed E-state index contributed by atoms with van der Waals surface area (Å²) in [6.07, 6.45) is 0. The molecule has 2 nitrogen and oxygen atoms in total. The number of rotatable bonds is 12. The molecule has 0 aliphatic heterocycles. The molecule has 0 amide bonds. The van der Waals surface area contributed by atoms with Gasteiger partial charge in [-0.3, -0.25) is 0 Å². The molecule has 0 unspecified atom stereocenters. The fourth-order valence-electron chi connectivity index (χ4n) is 19.0. The van der Waals surface area contributed by atoms with Crippen molar-refractivity contribution in [2.75, 3.05) is 9.80 Å². The molecule has 4 aliphatic carbocycles. The Morgan fingerprint density at radius 3 is 0.962 bits per heavy atom. The van der Waals surface area contributed by atoms with Crippen molar-refractivity contribution < 1.29 is 0 Å². The zero-order valence-electron chi connectivity index (χ0n) is 58.3. The summed E-state index contributed by atoms with van der Waals surface area (Å²) in [4.78, 5) is 5.01. The van der Waals surface area contributed by atoms with Gasteiger partial charge in [0.2, 0.25) is 0 Å². The van der Waals surface area contributed by atoms with Crippen LogP contribution in [0.1, 0.15) is 83.5 Å². The number of benzene rings is 16. The Morgan fingerprint density at radius 1 is 0.183 bits per heavy atom. The summed E-state index contributed by atoms with van der Waals surface area (Å²) in [6.45, 7) is 6.75. The molecule has 20 rings (SSSR count). The molecule has 0 N–H and O–H groups in total. The molecule has 1 spiro atoms. The lowest BCUT2D eigenvalue weighted by atomic mass is 9.67. The second-order valence-electron chi connectivity index (χ2n) is 28.7. The van der Waals surface area contributed by atoms with Crippen molar-refractivity contribution in [2.24, 2.45) is 0 Å². The Hall–Kier alpha value is -12.9. The van der Waals surface area contributed by atoms with E-state index in [-0.39, 0.29) is 0 Å². The van der Waals surface area contributed by atoms with Gasteiger partial charge in [0.05, 0.1) is 21.9 Å². The SMILES string of the molecule is Cc1ccc2c(c1)C(c1ccccc1)(c1ccccc1)c1cc(N(c3ccc(-c4ccc(N(c5ccc6c(c5)-c5ccccc5C65c6ccccc6-c6ccccc65)c5ccccc5-c5ccccc5)cc4)c(C)c3)c3ccc4c(c3)C(c3ccccc3)(c3ccccc3)c3cc(C)ccc3-4)ccc1-2. The summed E-state index contributed by atoms with van der Waals surface area (Å²) in [5.74, 6) is 0. The van der Waals surface area contributed by atoms with Gasteiger partial charge < -0.3 is 9.80 Å². The fourth-order valence-corrected chi connectivity index (χ4v) is 19.0. The van der Waals surface area contributed by atoms with Crippen LogP contribution in [0.15, 0.2) is 382 Å². The van der Waals surface area contributed by atoms with E-state index in [9.17, 15) is 0 Å². The lowest BCUT2D eigenvalue weighted by molar-refractivity contribution is 0.766. The molecule has 0 atom stereocenters. The topological polar surface area (TPSA) is 6.48 Å². The number of hydrogen-bond donors (Lipinski definition) is 0. The number of anilines is 6. The molecule has 16 aromatic carbocycles. The van der Waals surface area contributed by atoms with Gasteiger partial charge in [0, 0.05) is 34.0 Å². The summed E-state index contributed by atoms with van der Waals surface area (Å²) in [6, 6.07) is 144. The van der Waals surface area contributed by atoms with Gasteiger partial charge in [-0.1, -0.05) is 327 Å². The largest absolute Gasteiger partial charge is 0.310 e. The highest BCUT2D eigenvalue weighted by atomic mass is 15.2. The Balaban J connectivity index is 0.756. The summed E-state index contributed by atoms with van der Waals surface area (Å²) >= 11 is 0. The number of aryl methyl sites for hydroxylation is 3. The zero-order chi connectivity index (χ0) is 69.3. The second-order valence-corrected chi connectivity index (χ2v) is 28.7. The van der Waals surface area contributed by atoms with Crippen LogP contribution in [-0.4, -0.2) is 0 Å². The van der Waals surface area contributed by atoms with Crippen LogP contribution < -0.4 is 9.80 Å². The number of nitrogens with zero attached hydrogens (tertiary/aromatic N) is 2. The minimum Gasteiger partial charge on any atom is -0.310 e. The second kappa shape index (κ2) is 23.9. The predicted octanol–water partition coefficient (Wildman–Crippen LogP) is 26.0.